The van der Waals surface area contributed by atoms with E-state index in [4.69, 9.17) is 0 Å². The van der Waals surface area contributed by atoms with E-state index in [0.29, 0.717) is 28.8 Å². The lowest BCUT2D eigenvalue weighted by Gasteiger charge is -2.10. The maximum Gasteiger partial charge on any atom is 0.416 e. The molecule has 0 spiro atoms. The van der Waals surface area contributed by atoms with Gasteiger partial charge < -0.3 is 5.32 Å². The zero-order chi connectivity index (χ0) is 15.0. The zero-order valence-corrected chi connectivity index (χ0v) is 11.4. The Morgan fingerprint density at radius 1 is 1.14 bits per heavy atom. The van der Waals surface area contributed by atoms with Crippen LogP contribution in [0.25, 0.3) is 11.3 Å². The first kappa shape index (κ1) is 13.9. The van der Waals surface area contributed by atoms with Crippen LogP contribution in [0.3, 0.4) is 0 Å². The minimum absolute atomic E-state index is 0.336. The van der Waals surface area contributed by atoms with E-state index in [0.717, 1.165) is 25.0 Å². The number of halogens is 3. The van der Waals surface area contributed by atoms with Gasteiger partial charge in [-0.1, -0.05) is 12.1 Å². The summed E-state index contributed by atoms with van der Waals surface area (Å²) in [6.07, 6.45) is -2.28. The Kier molecular flexibility index (Phi) is 3.31. The Bertz CT molecular complexity index is 663. The van der Waals surface area contributed by atoms with Crippen molar-refractivity contribution in [2.45, 2.75) is 24.9 Å². The van der Waals surface area contributed by atoms with Gasteiger partial charge in [-0.25, -0.2) is 9.97 Å². The van der Waals surface area contributed by atoms with Crippen molar-refractivity contribution in [2.75, 3.05) is 12.4 Å². The first-order valence-electron chi connectivity index (χ1n) is 6.72. The van der Waals surface area contributed by atoms with Crippen LogP contribution in [0, 0.1) is 0 Å². The summed E-state index contributed by atoms with van der Waals surface area (Å²) in [7, 11) is 1.73. The van der Waals surface area contributed by atoms with Crippen LogP contribution in [0.5, 0.6) is 0 Å². The Balaban J connectivity index is 2.05. The molecule has 1 aliphatic rings. The fourth-order valence-corrected chi connectivity index (χ4v) is 2.12. The molecule has 21 heavy (non-hydrogen) atoms. The second-order valence-electron chi connectivity index (χ2n) is 5.10. The number of aromatic nitrogens is 2. The maximum absolute atomic E-state index is 12.8. The van der Waals surface area contributed by atoms with Gasteiger partial charge >= 0.3 is 6.18 Å². The molecule has 0 saturated heterocycles. The van der Waals surface area contributed by atoms with Crippen LogP contribution in [0.1, 0.15) is 30.1 Å². The van der Waals surface area contributed by atoms with E-state index in [1.807, 2.05) is 0 Å². The number of nitrogens with zero attached hydrogens (tertiary/aromatic N) is 2. The number of alkyl halides is 3. The SMILES string of the molecule is CNc1cc(-c2cccc(C(F)(F)F)c2)nc(C2CC2)n1. The normalized spacial score (nSPS) is 15.0. The third-order valence-corrected chi connectivity index (χ3v) is 3.43. The summed E-state index contributed by atoms with van der Waals surface area (Å²) in [6.45, 7) is 0. The predicted octanol–water partition coefficient (Wildman–Crippen LogP) is 4.08. The molecule has 0 bridgehead atoms. The molecule has 0 unspecified atom stereocenters. The molecule has 6 heteroatoms. The van der Waals surface area contributed by atoms with Crippen molar-refractivity contribution in [2.24, 2.45) is 0 Å². The summed E-state index contributed by atoms with van der Waals surface area (Å²) < 4.78 is 38.4. The quantitative estimate of drug-likeness (QED) is 0.926. The van der Waals surface area contributed by atoms with Crippen molar-refractivity contribution in [1.82, 2.24) is 9.97 Å². The largest absolute Gasteiger partial charge is 0.416 e. The number of anilines is 1. The van der Waals surface area contributed by atoms with Gasteiger partial charge in [0.15, 0.2) is 0 Å². The maximum atomic E-state index is 12.8. The lowest BCUT2D eigenvalue weighted by Crippen LogP contribution is -2.05. The highest BCUT2D eigenvalue weighted by Gasteiger charge is 2.31. The van der Waals surface area contributed by atoms with Gasteiger partial charge in [-0.15, -0.1) is 0 Å². The average molecular weight is 293 g/mol. The topological polar surface area (TPSA) is 37.8 Å². The number of hydrogen-bond acceptors (Lipinski definition) is 3. The number of benzene rings is 1. The van der Waals surface area contributed by atoms with Crippen molar-refractivity contribution in [3.63, 3.8) is 0 Å². The molecule has 1 heterocycles. The average Bonchev–Trinajstić information content (AvgIpc) is 3.30. The molecular weight excluding hydrogens is 279 g/mol. The molecule has 0 radical (unpaired) electrons. The second-order valence-corrected chi connectivity index (χ2v) is 5.10. The predicted molar refractivity (Wildman–Crippen MR) is 74.0 cm³/mol. The van der Waals surface area contributed by atoms with Gasteiger partial charge in [-0.05, 0) is 25.0 Å². The van der Waals surface area contributed by atoms with Gasteiger partial charge in [-0.3, -0.25) is 0 Å². The summed E-state index contributed by atoms with van der Waals surface area (Å²) in [6, 6.07) is 6.88. The fourth-order valence-electron chi connectivity index (χ4n) is 2.12. The van der Waals surface area contributed by atoms with E-state index in [9.17, 15) is 13.2 Å². The Hall–Kier alpha value is -2.11. The molecule has 1 aromatic heterocycles. The molecule has 0 aliphatic heterocycles. The third kappa shape index (κ3) is 2.99. The van der Waals surface area contributed by atoms with Crippen LogP contribution in [0.4, 0.5) is 19.0 Å². The fraction of sp³-hybridized carbons (Fsp3) is 0.333. The molecule has 1 aromatic carbocycles. The van der Waals surface area contributed by atoms with Gasteiger partial charge in [0.25, 0.3) is 0 Å². The molecular formula is C15H14F3N3. The molecule has 1 saturated carbocycles. The molecule has 1 aliphatic carbocycles. The number of hydrogen-bond donors (Lipinski definition) is 1. The van der Waals surface area contributed by atoms with E-state index in [2.05, 4.69) is 15.3 Å². The van der Waals surface area contributed by atoms with Crippen LogP contribution < -0.4 is 5.32 Å². The molecule has 0 amide bonds. The third-order valence-electron chi connectivity index (χ3n) is 3.43. The Morgan fingerprint density at radius 3 is 2.52 bits per heavy atom. The summed E-state index contributed by atoms with van der Waals surface area (Å²) in [5, 5.41) is 2.93. The van der Waals surface area contributed by atoms with Crippen molar-refractivity contribution >= 4 is 5.82 Å². The summed E-state index contributed by atoms with van der Waals surface area (Å²) in [4.78, 5) is 8.78. The van der Waals surface area contributed by atoms with Gasteiger partial charge in [0.05, 0.1) is 11.3 Å². The number of nitrogens with one attached hydrogen (secondary N) is 1. The van der Waals surface area contributed by atoms with Crippen LogP contribution >= 0.6 is 0 Å². The van der Waals surface area contributed by atoms with Crippen molar-refractivity contribution in [1.29, 1.82) is 0 Å². The van der Waals surface area contributed by atoms with Crippen LogP contribution in [-0.2, 0) is 6.18 Å². The molecule has 110 valence electrons. The van der Waals surface area contributed by atoms with Gasteiger partial charge in [0.1, 0.15) is 11.6 Å². The van der Waals surface area contributed by atoms with E-state index in [-0.39, 0.29) is 0 Å². The van der Waals surface area contributed by atoms with E-state index >= 15 is 0 Å². The van der Waals surface area contributed by atoms with Crippen LogP contribution in [0.2, 0.25) is 0 Å². The number of rotatable bonds is 3. The van der Waals surface area contributed by atoms with Gasteiger partial charge in [-0.2, -0.15) is 13.2 Å². The Labute approximate surface area is 120 Å². The summed E-state index contributed by atoms with van der Waals surface area (Å²) in [5.41, 5.74) is 0.297. The molecule has 3 nitrogen and oxygen atoms in total. The van der Waals surface area contributed by atoms with Crippen molar-refractivity contribution < 1.29 is 13.2 Å². The lowest BCUT2D eigenvalue weighted by molar-refractivity contribution is -0.137. The first-order valence-corrected chi connectivity index (χ1v) is 6.72. The minimum Gasteiger partial charge on any atom is -0.373 e. The summed E-state index contributed by atoms with van der Waals surface area (Å²) in [5.74, 6) is 1.66. The van der Waals surface area contributed by atoms with Gasteiger partial charge in [0, 0.05) is 24.6 Å². The van der Waals surface area contributed by atoms with E-state index < -0.39 is 11.7 Å². The molecule has 3 rings (SSSR count). The Morgan fingerprint density at radius 2 is 1.90 bits per heavy atom. The summed E-state index contributed by atoms with van der Waals surface area (Å²) >= 11 is 0. The van der Waals surface area contributed by atoms with Crippen molar-refractivity contribution in [3.05, 3.63) is 41.7 Å². The van der Waals surface area contributed by atoms with E-state index in [1.165, 1.54) is 6.07 Å². The monoisotopic (exact) mass is 293 g/mol. The molecule has 2 aromatic rings. The standard InChI is InChI=1S/C15H14F3N3/c1-19-13-8-12(20-14(21-13)9-5-6-9)10-3-2-4-11(7-10)15(16,17)18/h2-4,7-9H,5-6H2,1H3,(H,19,20,21). The zero-order valence-electron chi connectivity index (χ0n) is 11.4. The van der Waals surface area contributed by atoms with Gasteiger partial charge in [0.2, 0.25) is 0 Å². The van der Waals surface area contributed by atoms with Crippen LogP contribution in [-0.4, -0.2) is 17.0 Å². The minimum atomic E-state index is -4.35. The highest BCUT2D eigenvalue weighted by molar-refractivity contribution is 5.63. The molecule has 1 N–H and O–H groups in total. The van der Waals surface area contributed by atoms with Crippen molar-refractivity contribution in [3.8, 4) is 11.3 Å². The first-order chi connectivity index (χ1) is 9.97. The van der Waals surface area contributed by atoms with Crippen LogP contribution in [0.15, 0.2) is 30.3 Å². The lowest BCUT2D eigenvalue weighted by atomic mass is 10.1. The highest BCUT2D eigenvalue weighted by atomic mass is 19.4. The second kappa shape index (κ2) is 5.02. The molecule has 0 atom stereocenters. The highest BCUT2D eigenvalue weighted by Crippen LogP contribution is 2.39. The smallest absolute Gasteiger partial charge is 0.373 e. The molecule has 1 fully saturated rings. The van der Waals surface area contributed by atoms with E-state index in [1.54, 1.807) is 19.2 Å².